The topological polar surface area (TPSA) is 70.1 Å². The highest BCUT2D eigenvalue weighted by molar-refractivity contribution is 6.04. The number of Topliss-reactive ketones (excluding diaryl/α,β-unsaturated/α-hetero) is 1. The molecule has 5 nitrogen and oxygen atoms in total. The van der Waals surface area contributed by atoms with Crippen molar-refractivity contribution in [1.82, 2.24) is 9.78 Å². The van der Waals surface area contributed by atoms with Crippen molar-refractivity contribution in [3.05, 3.63) is 11.9 Å². The van der Waals surface area contributed by atoms with Crippen LogP contribution in [0.4, 0.5) is 0 Å². The Morgan fingerprint density at radius 1 is 1.50 bits per heavy atom. The summed E-state index contributed by atoms with van der Waals surface area (Å²) in [6, 6.07) is 0.109. The standard InChI is InChI=1S/C13H21N3O2/c1-9(2)16-11(10(18-3)8-15-16)12(17)13(14)6-4-5-7-13/h8-9H,4-7,14H2,1-3H3. The van der Waals surface area contributed by atoms with E-state index >= 15 is 0 Å². The summed E-state index contributed by atoms with van der Waals surface area (Å²) in [7, 11) is 1.55. The van der Waals surface area contributed by atoms with Gasteiger partial charge in [-0.25, -0.2) is 0 Å². The fraction of sp³-hybridized carbons (Fsp3) is 0.692. The van der Waals surface area contributed by atoms with Crippen LogP contribution >= 0.6 is 0 Å². The van der Waals surface area contributed by atoms with E-state index < -0.39 is 5.54 Å². The van der Waals surface area contributed by atoms with E-state index in [1.807, 2.05) is 13.8 Å². The first kappa shape index (κ1) is 13.1. The molecule has 1 heterocycles. The van der Waals surface area contributed by atoms with Crippen LogP contribution in [0.1, 0.15) is 56.1 Å². The zero-order chi connectivity index (χ0) is 13.3. The average molecular weight is 251 g/mol. The van der Waals surface area contributed by atoms with Crippen LogP contribution in [0.25, 0.3) is 0 Å². The SMILES string of the molecule is COc1cnn(C(C)C)c1C(=O)C1(N)CCCC1. The molecule has 1 fully saturated rings. The molecule has 5 heteroatoms. The maximum Gasteiger partial charge on any atom is 0.204 e. The van der Waals surface area contributed by atoms with Gasteiger partial charge in [0.25, 0.3) is 0 Å². The van der Waals surface area contributed by atoms with Gasteiger partial charge in [-0.2, -0.15) is 5.10 Å². The van der Waals surface area contributed by atoms with Gasteiger partial charge in [0.2, 0.25) is 5.78 Å². The monoisotopic (exact) mass is 251 g/mol. The molecular formula is C13H21N3O2. The minimum Gasteiger partial charge on any atom is -0.493 e. The van der Waals surface area contributed by atoms with Crippen LogP contribution < -0.4 is 10.5 Å². The number of ether oxygens (including phenoxy) is 1. The molecule has 0 radical (unpaired) electrons. The minimum atomic E-state index is -0.736. The van der Waals surface area contributed by atoms with Crippen molar-refractivity contribution in [2.24, 2.45) is 5.73 Å². The molecule has 1 aliphatic carbocycles. The lowest BCUT2D eigenvalue weighted by Gasteiger charge is -2.23. The molecule has 0 saturated heterocycles. The van der Waals surface area contributed by atoms with Gasteiger partial charge in [0, 0.05) is 6.04 Å². The van der Waals surface area contributed by atoms with Crippen molar-refractivity contribution in [3.63, 3.8) is 0 Å². The first-order valence-corrected chi connectivity index (χ1v) is 6.45. The molecule has 1 aromatic heterocycles. The normalized spacial score (nSPS) is 18.3. The summed E-state index contributed by atoms with van der Waals surface area (Å²) in [4.78, 5) is 12.7. The second-order valence-electron chi connectivity index (χ2n) is 5.29. The fourth-order valence-electron chi connectivity index (χ4n) is 2.57. The Bertz CT molecular complexity index is 445. The van der Waals surface area contributed by atoms with Crippen molar-refractivity contribution in [3.8, 4) is 5.75 Å². The molecule has 2 rings (SSSR count). The number of hydrogen-bond donors (Lipinski definition) is 1. The lowest BCUT2D eigenvalue weighted by Crippen LogP contribution is -2.46. The van der Waals surface area contributed by atoms with Crippen LogP contribution in [0, 0.1) is 0 Å². The molecule has 18 heavy (non-hydrogen) atoms. The van der Waals surface area contributed by atoms with E-state index in [2.05, 4.69) is 5.10 Å². The van der Waals surface area contributed by atoms with E-state index in [1.165, 1.54) is 0 Å². The highest BCUT2D eigenvalue weighted by atomic mass is 16.5. The highest BCUT2D eigenvalue weighted by Crippen LogP contribution is 2.33. The largest absolute Gasteiger partial charge is 0.493 e. The summed E-state index contributed by atoms with van der Waals surface area (Å²) in [5.41, 5.74) is 6.02. The zero-order valence-corrected chi connectivity index (χ0v) is 11.3. The van der Waals surface area contributed by atoms with Gasteiger partial charge in [-0.15, -0.1) is 0 Å². The maximum atomic E-state index is 12.7. The van der Waals surface area contributed by atoms with E-state index in [0.29, 0.717) is 11.4 Å². The quantitative estimate of drug-likeness (QED) is 0.830. The number of carbonyl (C=O) groups excluding carboxylic acids is 1. The summed E-state index contributed by atoms with van der Waals surface area (Å²) in [6.45, 7) is 3.97. The Kier molecular flexibility index (Phi) is 3.43. The van der Waals surface area contributed by atoms with E-state index in [-0.39, 0.29) is 11.8 Å². The summed E-state index contributed by atoms with van der Waals surface area (Å²) >= 11 is 0. The predicted octanol–water partition coefficient (Wildman–Crippen LogP) is 1.93. The molecule has 2 N–H and O–H groups in total. The number of carbonyl (C=O) groups is 1. The zero-order valence-electron chi connectivity index (χ0n) is 11.3. The van der Waals surface area contributed by atoms with Gasteiger partial charge in [0.05, 0.1) is 18.8 Å². The predicted molar refractivity (Wildman–Crippen MR) is 68.9 cm³/mol. The summed E-state index contributed by atoms with van der Waals surface area (Å²) in [5.74, 6) is 0.480. The molecule has 0 unspecified atom stereocenters. The van der Waals surface area contributed by atoms with Gasteiger partial charge in [-0.1, -0.05) is 12.8 Å². The number of ketones is 1. The van der Waals surface area contributed by atoms with Crippen LogP contribution in [0.3, 0.4) is 0 Å². The summed E-state index contributed by atoms with van der Waals surface area (Å²) in [6.07, 6.45) is 5.11. The maximum absolute atomic E-state index is 12.7. The van der Waals surface area contributed by atoms with E-state index in [1.54, 1.807) is 18.0 Å². The summed E-state index contributed by atoms with van der Waals surface area (Å²) in [5, 5.41) is 4.23. The second-order valence-corrected chi connectivity index (χ2v) is 5.29. The Balaban J connectivity index is 2.42. The molecule has 100 valence electrons. The molecule has 1 aromatic rings. The minimum absolute atomic E-state index is 0.0388. The van der Waals surface area contributed by atoms with E-state index in [0.717, 1.165) is 25.7 Å². The van der Waals surface area contributed by atoms with Crippen LogP contribution in [-0.4, -0.2) is 28.2 Å². The second kappa shape index (κ2) is 4.72. The molecular weight excluding hydrogens is 230 g/mol. The molecule has 0 amide bonds. The van der Waals surface area contributed by atoms with Crippen molar-refractivity contribution in [2.75, 3.05) is 7.11 Å². The third-order valence-corrected chi connectivity index (χ3v) is 3.63. The van der Waals surface area contributed by atoms with Gasteiger partial charge in [-0.3, -0.25) is 9.48 Å². The van der Waals surface area contributed by atoms with Crippen molar-refractivity contribution < 1.29 is 9.53 Å². The lowest BCUT2D eigenvalue weighted by molar-refractivity contribution is 0.0875. The number of hydrogen-bond acceptors (Lipinski definition) is 4. The van der Waals surface area contributed by atoms with Crippen molar-refractivity contribution in [1.29, 1.82) is 0 Å². The smallest absolute Gasteiger partial charge is 0.204 e. The summed E-state index contributed by atoms with van der Waals surface area (Å²) < 4.78 is 6.94. The Labute approximate surface area is 107 Å². The molecule has 0 bridgehead atoms. The lowest BCUT2D eigenvalue weighted by atomic mass is 9.91. The number of nitrogens with zero attached hydrogens (tertiary/aromatic N) is 2. The van der Waals surface area contributed by atoms with Gasteiger partial charge in [0.15, 0.2) is 5.75 Å². The van der Waals surface area contributed by atoms with Gasteiger partial charge >= 0.3 is 0 Å². The Morgan fingerprint density at radius 3 is 2.61 bits per heavy atom. The van der Waals surface area contributed by atoms with Crippen LogP contribution in [0.15, 0.2) is 6.20 Å². The number of aromatic nitrogens is 2. The Morgan fingerprint density at radius 2 is 2.11 bits per heavy atom. The fourth-order valence-corrected chi connectivity index (χ4v) is 2.57. The third kappa shape index (κ3) is 2.03. The van der Waals surface area contributed by atoms with E-state index in [4.69, 9.17) is 10.5 Å². The van der Waals surface area contributed by atoms with Crippen LogP contribution in [0.5, 0.6) is 5.75 Å². The van der Waals surface area contributed by atoms with Crippen molar-refractivity contribution >= 4 is 5.78 Å². The van der Waals surface area contributed by atoms with E-state index in [9.17, 15) is 4.79 Å². The number of methoxy groups -OCH3 is 1. The molecule has 0 spiro atoms. The van der Waals surface area contributed by atoms with Crippen LogP contribution in [0.2, 0.25) is 0 Å². The molecule has 0 aliphatic heterocycles. The molecule has 0 atom stereocenters. The molecule has 1 aliphatic rings. The highest BCUT2D eigenvalue weighted by Gasteiger charge is 2.40. The first-order valence-electron chi connectivity index (χ1n) is 6.45. The molecule has 1 saturated carbocycles. The Hall–Kier alpha value is -1.36. The van der Waals surface area contributed by atoms with Crippen LogP contribution in [-0.2, 0) is 0 Å². The van der Waals surface area contributed by atoms with Crippen molar-refractivity contribution in [2.45, 2.75) is 51.1 Å². The van der Waals surface area contributed by atoms with Gasteiger partial charge < -0.3 is 10.5 Å². The number of rotatable bonds is 4. The first-order chi connectivity index (χ1) is 8.49. The average Bonchev–Trinajstić information content (AvgIpc) is 2.94. The third-order valence-electron chi connectivity index (χ3n) is 3.63. The molecule has 0 aromatic carbocycles. The van der Waals surface area contributed by atoms with Gasteiger partial charge in [0.1, 0.15) is 5.69 Å². The number of nitrogens with two attached hydrogens (primary N) is 1. The van der Waals surface area contributed by atoms with Gasteiger partial charge in [-0.05, 0) is 26.7 Å².